The number of carbonyl (C=O) groups excluding carboxylic acids is 7. The highest BCUT2D eigenvalue weighted by Crippen LogP contribution is 2.12. The molecule has 358 valence electrons. The second kappa shape index (κ2) is 30.1. The number of carboxylic acid groups (broad SMARTS) is 1. The summed E-state index contributed by atoms with van der Waals surface area (Å²) in [5.41, 5.74) is 17.1. The first-order chi connectivity index (χ1) is 30.2. The lowest BCUT2D eigenvalue weighted by Gasteiger charge is -2.28. The maximum atomic E-state index is 13.8. The van der Waals surface area contributed by atoms with E-state index < -0.39 is 103 Å². The van der Waals surface area contributed by atoms with Crippen molar-refractivity contribution in [1.82, 2.24) is 37.2 Å². The number of carboxylic acids is 1. The zero-order valence-electron chi connectivity index (χ0n) is 37.9. The van der Waals surface area contributed by atoms with Crippen molar-refractivity contribution in [1.29, 1.82) is 0 Å². The first-order valence-electron chi connectivity index (χ1n) is 21.6. The SMILES string of the molecule is CC[C@H](C)[C@H](NC(=O)CNC(=O)[C@H](CCCN=C(N)N)NC(=O)[C@H](CC(C)C)NC(=O)/C=C/c1ccccc1)C(=O)N[C@@H](CC(C)C)C(=O)N[C@@H](CO)C(=O)N[C@@H](CCCN)C(=O)O. The minimum absolute atomic E-state index is 0.0214. The Morgan fingerprint density at radius 3 is 1.75 bits per heavy atom. The molecule has 0 bridgehead atoms. The second-order valence-electron chi connectivity index (χ2n) is 16.4. The van der Waals surface area contributed by atoms with E-state index in [1.165, 1.54) is 6.08 Å². The number of aliphatic hydroxyl groups excluding tert-OH is 1. The van der Waals surface area contributed by atoms with E-state index in [4.69, 9.17) is 17.2 Å². The van der Waals surface area contributed by atoms with Gasteiger partial charge in [-0.2, -0.15) is 0 Å². The van der Waals surface area contributed by atoms with Crippen LogP contribution in [0.25, 0.3) is 6.08 Å². The molecule has 1 aromatic rings. The van der Waals surface area contributed by atoms with Crippen LogP contribution in [0.2, 0.25) is 0 Å². The maximum Gasteiger partial charge on any atom is 0.326 e. The van der Waals surface area contributed by atoms with Crippen molar-refractivity contribution in [3.8, 4) is 0 Å². The number of nitrogens with zero attached hydrogens (tertiary/aromatic N) is 1. The molecule has 0 radical (unpaired) electrons. The van der Waals surface area contributed by atoms with E-state index in [0.29, 0.717) is 12.8 Å². The Hall–Kier alpha value is -6.09. The molecule has 0 aliphatic carbocycles. The van der Waals surface area contributed by atoms with Gasteiger partial charge in [-0.1, -0.05) is 78.3 Å². The zero-order valence-corrected chi connectivity index (χ0v) is 37.9. The standard InChI is InChI=1S/C43H71N11O10/c1-7-27(6)36(41(62)52-32(22-26(4)5)39(60)53-33(24-55)40(61)51-30(42(63)64)15-11-19-44)54-35(57)23-48-37(58)29(16-12-20-47-43(45)46)50-38(59)31(21-25(2)3)49-34(56)18-17-28-13-9-8-10-14-28/h8-10,13-14,17-18,25-27,29-33,36,55H,7,11-12,15-16,19-24,44H2,1-6H3,(H,48,58)(H,49,56)(H,50,59)(H,51,61)(H,52,62)(H,53,60)(H,54,57)(H,63,64)(H4,45,46,47)/b18-17+/t27-,29-,30-,31-,32-,33-,36-/m0/s1. The van der Waals surface area contributed by atoms with Crippen LogP contribution in [0.3, 0.4) is 0 Å². The van der Waals surface area contributed by atoms with Crippen LogP contribution in [0, 0.1) is 17.8 Å². The Balaban J connectivity index is 3.16. The van der Waals surface area contributed by atoms with Gasteiger partial charge in [0.15, 0.2) is 5.96 Å². The van der Waals surface area contributed by atoms with Crippen molar-refractivity contribution >= 4 is 59.4 Å². The highest BCUT2D eigenvalue weighted by molar-refractivity contribution is 5.98. The summed E-state index contributed by atoms with van der Waals surface area (Å²) in [6.07, 6.45) is 4.29. The monoisotopic (exact) mass is 902 g/mol. The first-order valence-corrected chi connectivity index (χ1v) is 21.6. The molecule has 0 saturated carbocycles. The van der Waals surface area contributed by atoms with Gasteiger partial charge in [0, 0.05) is 12.6 Å². The lowest BCUT2D eigenvalue weighted by molar-refractivity contribution is -0.142. The Bertz CT molecular complexity index is 1740. The van der Waals surface area contributed by atoms with Crippen molar-refractivity contribution in [2.24, 2.45) is 39.9 Å². The molecule has 7 amide bonds. The quantitative estimate of drug-likeness (QED) is 0.0186. The Kier molecular flexibility index (Phi) is 26.3. The summed E-state index contributed by atoms with van der Waals surface area (Å²) in [5.74, 6) is -7.31. The van der Waals surface area contributed by atoms with Crippen molar-refractivity contribution in [3.63, 3.8) is 0 Å². The van der Waals surface area contributed by atoms with Crippen LogP contribution in [0.15, 0.2) is 41.4 Å². The fourth-order valence-corrected chi connectivity index (χ4v) is 6.20. The molecule has 7 atom stereocenters. The van der Waals surface area contributed by atoms with Crippen LogP contribution in [0.4, 0.5) is 0 Å². The number of nitrogens with one attached hydrogen (secondary N) is 7. The number of rotatable bonds is 30. The van der Waals surface area contributed by atoms with Gasteiger partial charge < -0.3 is 64.6 Å². The fraction of sp³-hybridized carbons (Fsp3) is 0.605. The van der Waals surface area contributed by atoms with Crippen LogP contribution < -0.4 is 54.4 Å². The fourth-order valence-electron chi connectivity index (χ4n) is 6.20. The molecule has 0 heterocycles. The summed E-state index contributed by atoms with van der Waals surface area (Å²) >= 11 is 0. The number of guanidine groups is 1. The van der Waals surface area contributed by atoms with E-state index in [1.54, 1.807) is 33.8 Å². The van der Waals surface area contributed by atoms with Gasteiger partial charge in [-0.3, -0.25) is 38.6 Å². The topological polar surface area (TPSA) is 352 Å². The molecule has 21 nitrogen and oxygen atoms in total. The van der Waals surface area contributed by atoms with Gasteiger partial charge in [0.2, 0.25) is 41.4 Å². The molecule has 0 saturated heterocycles. The van der Waals surface area contributed by atoms with E-state index in [0.717, 1.165) is 5.56 Å². The number of carbonyl (C=O) groups is 8. The average molecular weight is 902 g/mol. The lowest BCUT2D eigenvalue weighted by Crippen LogP contribution is -2.60. The third-order valence-electron chi connectivity index (χ3n) is 9.85. The molecule has 64 heavy (non-hydrogen) atoms. The number of amides is 7. The number of aliphatic carboxylic acids is 1. The van der Waals surface area contributed by atoms with E-state index in [2.05, 4.69) is 42.2 Å². The van der Waals surface area contributed by atoms with Gasteiger partial charge in [0.05, 0.1) is 13.2 Å². The van der Waals surface area contributed by atoms with Gasteiger partial charge in [0.25, 0.3) is 0 Å². The highest BCUT2D eigenvalue weighted by Gasteiger charge is 2.33. The molecule has 0 aliphatic heterocycles. The number of nitrogens with two attached hydrogens (primary N) is 3. The molecule has 1 aromatic carbocycles. The van der Waals surface area contributed by atoms with Gasteiger partial charge >= 0.3 is 5.97 Å². The number of hydrogen-bond donors (Lipinski definition) is 12. The largest absolute Gasteiger partial charge is 0.480 e. The van der Waals surface area contributed by atoms with Crippen molar-refractivity contribution in [2.75, 3.05) is 26.2 Å². The number of aliphatic imine (C=N–C) groups is 1. The summed E-state index contributed by atoms with van der Waals surface area (Å²) in [6, 6.07) is 1.61. The van der Waals surface area contributed by atoms with Crippen LogP contribution in [-0.2, 0) is 38.4 Å². The van der Waals surface area contributed by atoms with Crippen LogP contribution in [-0.4, -0.2) is 126 Å². The predicted molar refractivity (Wildman–Crippen MR) is 241 cm³/mol. The molecule has 15 N–H and O–H groups in total. The van der Waals surface area contributed by atoms with Gasteiger partial charge in [0.1, 0.15) is 36.3 Å². The minimum Gasteiger partial charge on any atom is -0.480 e. The molecular weight excluding hydrogens is 831 g/mol. The third-order valence-corrected chi connectivity index (χ3v) is 9.85. The molecule has 0 aromatic heterocycles. The molecular formula is C43H71N11O10. The molecule has 0 unspecified atom stereocenters. The second-order valence-corrected chi connectivity index (χ2v) is 16.4. The number of aliphatic hydroxyl groups is 1. The maximum absolute atomic E-state index is 13.8. The number of benzene rings is 1. The molecule has 0 aliphatic rings. The molecule has 0 spiro atoms. The molecule has 1 rings (SSSR count). The van der Waals surface area contributed by atoms with Crippen molar-refractivity contribution in [3.05, 3.63) is 42.0 Å². The van der Waals surface area contributed by atoms with Crippen LogP contribution in [0.1, 0.15) is 92.1 Å². The summed E-state index contributed by atoms with van der Waals surface area (Å²) in [6.45, 7) is 9.63. The van der Waals surface area contributed by atoms with E-state index in [9.17, 15) is 48.6 Å². The molecule has 21 heteroatoms. The van der Waals surface area contributed by atoms with Gasteiger partial charge in [-0.05, 0) is 74.5 Å². The lowest BCUT2D eigenvalue weighted by atomic mass is 9.96. The van der Waals surface area contributed by atoms with Crippen LogP contribution in [0.5, 0.6) is 0 Å². The Labute approximate surface area is 375 Å². The predicted octanol–water partition coefficient (Wildman–Crippen LogP) is -1.27. The highest BCUT2D eigenvalue weighted by atomic mass is 16.4. The minimum atomic E-state index is -1.55. The Morgan fingerprint density at radius 1 is 0.688 bits per heavy atom. The van der Waals surface area contributed by atoms with E-state index in [-0.39, 0.29) is 63.0 Å². The smallest absolute Gasteiger partial charge is 0.326 e. The summed E-state index contributed by atoms with van der Waals surface area (Å²) in [4.78, 5) is 109. The average Bonchev–Trinajstić information content (AvgIpc) is 3.24. The van der Waals surface area contributed by atoms with E-state index >= 15 is 0 Å². The normalized spacial score (nSPS) is 14.5. The van der Waals surface area contributed by atoms with Crippen molar-refractivity contribution in [2.45, 2.75) is 123 Å². The zero-order chi connectivity index (χ0) is 48.4. The van der Waals surface area contributed by atoms with Gasteiger partial charge in [-0.15, -0.1) is 0 Å². The van der Waals surface area contributed by atoms with Crippen LogP contribution >= 0.6 is 0 Å². The molecule has 0 fully saturated rings. The summed E-state index contributed by atoms with van der Waals surface area (Å²) in [5, 5.41) is 37.2. The van der Waals surface area contributed by atoms with E-state index in [1.807, 2.05) is 44.2 Å². The van der Waals surface area contributed by atoms with Crippen molar-refractivity contribution < 1.29 is 48.6 Å². The van der Waals surface area contributed by atoms with Gasteiger partial charge in [-0.25, -0.2) is 4.79 Å². The third kappa shape index (κ3) is 22.3. The summed E-state index contributed by atoms with van der Waals surface area (Å²) in [7, 11) is 0. The summed E-state index contributed by atoms with van der Waals surface area (Å²) < 4.78 is 0. The first kappa shape index (κ1) is 55.9. The number of hydrogen-bond acceptors (Lipinski definition) is 11. The Morgan fingerprint density at radius 2 is 1.22 bits per heavy atom.